The van der Waals surface area contributed by atoms with Gasteiger partial charge in [-0.2, -0.15) is 0 Å². The molecule has 0 spiro atoms. The van der Waals surface area contributed by atoms with Gasteiger partial charge < -0.3 is 14.9 Å². The van der Waals surface area contributed by atoms with E-state index in [4.69, 9.17) is 4.74 Å². The van der Waals surface area contributed by atoms with Gasteiger partial charge in [-0.25, -0.2) is 0 Å². The van der Waals surface area contributed by atoms with Crippen LogP contribution in [0.5, 0.6) is 5.75 Å². The van der Waals surface area contributed by atoms with Gasteiger partial charge in [-0.1, -0.05) is 50.3 Å². The number of fused-ring (bicyclic) bond motifs is 1. The van der Waals surface area contributed by atoms with Crippen molar-refractivity contribution in [3.63, 3.8) is 0 Å². The maximum absolute atomic E-state index is 11.5. The molecular formula is C28H40O3. The molecule has 1 aromatic carbocycles. The highest BCUT2D eigenvalue weighted by Gasteiger charge is 2.56. The fourth-order valence-electron chi connectivity index (χ4n) is 6.90. The smallest absolute Gasteiger partial charge is 0.119 e. The molecule has 170 valence electrons. The first kappa shape index (κ1) is 22.6. The molecule has 3 aliphatic rings. The monoisotopic (exact) mass is 424 g/mol. The van der Waals surface area contributed by atoms with Gasteiger partial charge >= 0.3 is 0 Å². The molecule has 7 atom stereocenters. The van der Waals surface area contributed by atoms with Crippen molar-refractivity contribution in [1.29, 1.82) is 0 Å². The molecule has 0 aliphatic heterocycles. The van der Waals surface area contributed by atoms with Crippen LogP contribution >= 0.6 is 0 Å². The zero-order valence-corrected chi connectivity index (χ0v) is 19.5. The summed E-state index contributed by atoms with van der Waals surface area (Å²) in [6.45, 7) is 11.7. The molecule has 3 nitrogen and oxygen atoms in total. The molecule has 2 unspecified atom stereocenters. The molecule has 31 heavy (non-hydrogen) atoms. The largest absolute Gasteiger partial charge is 0.494 e. The second-order valence-electron chi connectivity index (χ2n) is 10.7. The lowest BCUT2D eigenvalue weighted by molar-refractivity contribution is -0.110. The lowest BCUT2D eigenvalue weighted by Gasteiger charge is -2.54. The van der Waals surface area contributed by atoms with Gasteiger partial charge in [-0.3, -0.25) is 0 Å². The van der Waals surface area contributed by atoms with Gasteiger partial charge in [0.2, 0.25) is 0 Å². The second-order valence-corrected chi connectivity index (χ2v) is 10.7. The first-order chi connectivity index (χ1) is 14.8. The molecule has 0 heterocycles. The Morgan fingerprint density at radius 2 is 1.81 bits per heavy atom. The van der Waals surface area contributed by atoms with E-state index in [1.54, 1.807) is 0 Å². The molecular weight excluding hydrogens is 384 g/mol. The maximum atomic E-state index is 11.5. The fraction of sp³-hybridized carbons (Fsp3) is 0.643. The Morgan fingerprint density at radius 1 is 1.06 bits per heavy atom. The Morgan fingerprint density at radius 3 is 2.52 bits per heavy atom. The molecule has 0 saturated heterocycles. The third-order valence-corrected chi connectivity index (χ3v) is 9.13. The SMILES string of the molecule is C=C1CCC2[C@@H](O)C([C@@]3(C)CC[C@H](O)C[C@@H]3/C=C/c3ccc(OCC)cc3)CC[C@@]12C. The molecule has 3 heteroatoms. The van der Waals surface area contributed by atoms with Gasteiger partial charge in [0.1, 0.15) is 5.75 Å². The highest BCUT2D eigenvalue weighted by atomic mass is 16.5. The van der Waals surface area contributed by atoms with Gasteiger partial charge in [0.05, 0.1) is 18.8 Å². The van der Waals surface area contributed by atoms with Crippen molar-refractivity contribution >= 4 is 6.08 Å². The van der Waals surface area contributed by atoms with Crippen LogP contribution in [0.2, 0.25) is 0 Å². The van der Waals surface area contributed by atoms with E-state index in [2.05, 4.69) is 44.7 Å². The van der Waals surface area contributed by atoms with Gasteiger partial charge in [0.25, 0.3) is 0 Å². The van der Waals surface area contributed by atoms with Crippen molar-refractivity contribution in [3.05, 3.63) is 48.1 Å². The summed E-state index contributed by atoms with van der Waals surface area (Å²) in [6.07, 6.45) is 10.8. The maximum Gasteiger partial charge on any atom is 0.119 e. The molecule has 0 radical (unpaired) electrons. The number of aliphatic hydroxyl groups is 2. The summed E-state index contributed by atoms with van der Waals surface area (Å²) in [6, 6.07) is 8.19. The van der Waals surface area contributed by atoms with Gasteiger partial charge in [0.15, 0.2) is 0 Å². The van der Waals surface area contributed by atoms with Crippen LogP contribution in [0.25, 0.3) is 6.08 Å². The van der Waals surface area contributed by atoms with Crippen molar-refractivity contribution in [2.45, 2.75) is 77.9 Å². The average Bonchev–Trinajstić information content (AvgIpc) is 3.06. The molecule has 0 aromatic heterocycles. The third kappa shape index (κ3) is 4.12. The minimum Gasteiger partial charge on any atom is -0.494 e. The van der Waals surface area contributed by atoms with Crippen LogP contribution in [-0.4, -0.2) is 29.0 Å². The molecule has 2 N–H and O–H groups in total. The van der Waals surface area contributed by atoms with Crippen molar-refractivity contribution in [2.24, 2.45) is 28.6 Å². The summed E-state index contributed by atoms with van der Waals surface area (Å²) in [7, 11) is 0. The van der Waals surface area contributed by atoms with E-state index in [1.165, 1.54) is 5.57 Å². The molecule has 1 aromatic rings. The number of ether oxygens (including phenoxy) is 1. The van der Waals surface area contributed by atoms with Crippen molar-refractivity contribution in [3.8, 4) is 5.75 Å². The predicted molar refractivity (Wildman–Crippen MR) is 127 cm³/mol. The Labute approximate surface area is 188 Å². The lowest BCUT2D eigenvalue weighted by atomic mass is 9.52. The minimum absolute atomic E-state index is 0.00562. The van der Waals surface area contributed by atoms with Crippen LogP contribution in [0.4, 0.5) is 0 Å². The van der Waals surface area contributed by atoms with E-state index < -0.39 is 0 Å². The summed E-state index contributed by atoms with van der Waals surface area (Å²) >= 11 is 0. The molecule has 3 saturated carbocycles. The number of aliphatic hydroxyl groups excluding tert-OH is 2. The molecule has 0 bridgehead atoms. The highest BCUT2D eigenvalue weighted by Crippen LogP contribution is 2.61. The summed E-state index contributed by atoms with van der Waals surface area (Å²) in [4.78, 5) is 0. The van der Waals surface area contributed by atoms with E-state index in [-0.39, 0.29) is 34.9 Å². The van der Waals surface area contributed by atoms with Crippen LogP contribution in [0.15, 0.2) is 42.5 Å². The third-order valence-electron chi connectivity index (χ3n) is 9.13. The average molecular weight is 425 g/mol. The van der Waals surface area contributed by atoms with E-state index in [9.17, 15) is 10.2 Å². The zero-order chi connectivity index (χ0) is 22.2. The zero-order valence-electron chi connectivity index (χ0n) is 19.5. The normalized spacial score (nSPS) is 40.8. The van der Waals surface area contributed by atoms with Crippen LogP contribution in [-0.2, 0) is 0 Å². The Hall–Kier alpha value is -1.58. The quantitative estimate of drug-likeness (QED) is 0.569. The molecule has 3 fully saturated rings. The number of hydrogen-bond acceptors (Lipinski definition) is 3. The van der Waals surface area contributed by atoms with Crippen molar-refractivity contribution in [2.75, 3.05) is 6.61 Å². The van der Waals surface area contributed by atoms with E-state index in [0.717, 1.165) is 56.3 Å². The standard InChI is InChI=1S/C28H40O3/c1-5-31-23-11-8-20(9-12-23)7-10-21-18-22(29)14-16-28(21,4)25-15-17-27(3)19(2)6-13-24(27)26(25)30/h7-12,21-22,24-26,29-30H,2,5-6,13-18H2,1,3-4H3/b10-7+/t21-,22-,24?,25?,26+,27-,28-/m0/s1. The molecule has 3 aliphatic carbocycles. The second kappa shape index (κ2) is 8.75. The Balaban J connectivity index is 1.55. The summed E-state index contributed by atoms with van der Waals surface area (Å²) < 4.78 is 5.55. The first-order valence-electron chi connectivity index (χ1n) is 12.2. The highest BCUT2D eigenvalue weighted by molar-refractivity contribution is 5.51. The number of rotatable bonds is 5. The van der Waals surface area contributed by atoms with Gasteiger partial charge in [-0.15, -0.1) is 0 Å². The predicted octanol–water partition coefficient (Wildman–Crippen LogP) is 6.01. The van der Waals surface area contributed by atoms with Crippen LogP contribution < -0.4 is 4.74 Å². The summed E-state index contributed by atoms with van der Waals surface area (Å²) in [5.74, 6) is 1.76. The van der Waals surface area contributed by atoms with Crippen LogP contribution in [0.1, 0.15) is 71.3 Å². The van der Waals surface area contributed by atoms with Crippen LogP contribution in [0.3, 0.4) is 0 Å². The number of benzene rings is 1. The molecule has 4 rings (SSSR count). The number of hydrogen-bond donors (Lipinski definition) is 2. The summed E-state index contributed by atoms with van der Waals surface area (Å²) in [5, 5.41) is 22.0. The summed E-state index contributed by atoms with van der Waals surface area (Å²) in [5.41, 5.74) is 2.60. The Kier molecular flexibility index (Phi) is 6.38. The number of allylic oxidation sites excluding steroid dienone is 2. The topological polar surface area (TPSA) is 49.7 Å². The first-order valence-corrected chi connectivity index (χ1v) is 12.2. The fourth-order valence-corrected chi connectivity index (χ4v) is 6.90. The minimum atomic E-state index is -0.278. The van der Waals surface area contributed by atoms with Crippen LogP contribution in [0, 0.1) is 28.6 Å². The van der Waals surface area contributed by atoms with Crippen molar-refractivity contribution in [1.82, 2.24) is 0 Å². The van der Waals surface area contributed by atoms with Crippen molar-refractivity contribution < 1.29 is 14.9 Å². The van der Waals surface area contributed by atoms with Gasteiger partial charge in [0, 0.05) is 0 Å². The Bertz CT molecular complexity index is 812. The lowest BCUT2D eigenvalue weighted by Crippen LogP contribution is -2.52. The van der Waals surface area contributed by atoms with E-state index >= 15 is 0 Å². The molecule has 0 amide bonds. The van der Waals surface area contributed by atoms with E-state index in [0.29, 0.717) is 12.5 Å². The van der Waals surface area contributed by atoms with E-state index in [1.807, 2.05) is 19.1 Å². The van der Waals surface area contributed by atoms with Gasteiger partial charge in [-0.05, 0) is 98.1 Å².